The average Bonchev–Trinajstić information content (AvgIpc) is 1.81. The molecule has 0 aliphatic carbocycles. The summed E-state index contributed by atoms with van der Waals surface area (Å²) in [5.41, 5.74) is -0.902. The Morgan fingerprint density at radius 3 is 1.45 bits per heavy atom. The van der Waals surface area contributed by atoms with Crippen molar-refractivity contribution in [2.24, 2.45) is 0 Å². The molecule has 0 aliphatic rings. The monoisotopic (exact) mass is 156 g/mol. The van der Waals surface area contributed by atoms with Gasteiger partial charge in [-0.2, -0.15) is 0 Å². The van der Waals surface area contributed by atoms with Gasteiger partial charge in [-0.1, -0.05) is 0 Å². The second-order valence-corrected chi connectivity index (χ2v) is 2.21. The zero-order valence-electron chi connectivity index (χ0n) is 6.71. The fourth-order valence-corrected chi connectivity index (χ4v) is 0.618. The van der Waals surface area contributed by atoms with Gasteiger partial charge in [-0.3, -0.25) is 4.79 Å². The van der Waals surface area contributed by atoms with E-state index < -0.39 is 24.3 Å². The lowest BCUT2D eigenvalue weighted by Crippen LogP contribution is -2.37. The maximum atomic E-state index is 10.6. The standard InChI is InChI=1S/C6H9BO4/c1-4(8)7(5(2)9)11-6(3)10/h1-3H3. The lowest BCUT2D eigenvalue weighted by molar-refractivity contribution is -0.134. The summed E-state index contributed by atoms with van der Waals surface area (Å²) in [5, 5.41) is 0. The Morgan fingerprint density at radius 2 is 1.36 bits per heavy atom. The molecule has 0 spiro atoms. The molecule has 60 valence electrons. The Balaban J connectivity index is 4.23. The quantitative estimate of drug-likeness (QED) is 0.530. The largest absolute Gasteiger partial charge is 0.522 e. The second kappa shape index (κ2) is 3.90. The molecule has 5 heteroatoms. The Bertz CT molecular complexity index is 185. The summed E-state index contributed by atoms with van der Waals surface area (Å²) in [7, 11) is 0. The Labute approximate surface area is 65.0 Å². The molecular formula is C6H9BO4. The number of carbonyl (C=O) groups is 3. The Morgan fingerprint density at radius 1 is 1.00 bits per heavy atom. The van der Waals surface area contributed by atoms with Gasteiger partial charge in [0.05, 0.1) is 0 Å². The molecule has 0 fully saturated rings. The third-order valence-electron chi connectivity index (χ3n) is 1.02. The first-order chi connectivity index (χ1) is 4.95. The molecule has 0 rings (SSSR count). The van der Waals surface area contributed by atoms with Crippen LogP contribution < -0.4 is 0 Å². The molecule has 0 aromatic heterocycles. The Kier molecular flexibility index (Phi) is 3.50. The summed E-state index contributed by atoms with van der Waals surface area (Å²) in [6.07, 6.45) is 0. The highest BCUT2D eigenvalue weighted by molar-refractivity contribution is 7.07. The minimum Gasteiger partial charge on any atom is -0.522 e. The van der Waals surface area contributed by atoms with Gasteiger partial charge in [0.1, 0.15) is 0 Å². The van der Waals surface area contributed by atoms with Crippen LogP contribution in [0.25, 0.3) is 0 Å². The van der Waals surface area contributed by atoms with Crippen LogP contribution in [0.4, 0.5) is 0 Å². The van der Waals surface area contributed by atoms with Crippen LogP contribution in [0.15, 0.2) is 0 Å². The summed E-state index contributed by atoms with van der Waals surface area (Å²) < 4.78 is 4.44. The van der Waals surface area contributed by atoms with E-state index in [9.17, 15) is 14.4 Å². The summed E-state index contributed by atoms with van der Waals surface area (Å²) >= 11 is 0. The van der Waals surface area contributed by atoms with E-state index in [1.54, 1.807) is 0 Å². The molecule has 0 aromatic rings. The molecule has 0 radical (unpaired) electrons. The van der Waals surface area contributed by atoms with Crippen molar-refractivity contribution in [3.63, 3.8) is 0 Å². The van der Waals surface area contributed by atoms with Crippen LogP contribution in [0.3, 0.4) is 0 Å². The van der Waals surface area contributed by atoms with Crippen LogP contribution in [0.1, 0.15) is 20.8 Å². The van der Waals surface area contributed by atoms with E-state index in [4.69, 9.17) is 0 Å². The van der Waals surface area contributed by atoms with Gasteiger partial charge in [-0.05, 0) is 13.8 Å². The minimum atomic E-state index is -1.22. The van der Waals surface area contributed by atoms with Crippen molar-refractivity contribution >= 4 is 24.3 Å². The fraction of sp³-hybridized carbons (Fsp3) is 0.500. The maximum Gasteiger partial charge on any atom is 0.503 e. The molecule has 0 aromatic carbocycles. The first-order valence-corrected chi connectivity index (χ1v) is 3.13. The highest BCUT2D eigenvalue weighted by Gasteiger charge is 2.30. The van der Waals surface area contributed by atoms with Crippen molar-refractivity contribution in [1.82, 2.24) is 0 Å². The molecule has 4 nitrogen and oxygen atoms in total. The van der Waals surface area contributed by atoms with Gasteiger partial charge in [0.2, 0.25) is 0 Å². The van der Waals surface area contributed by atoms with Gasteiger partial charge >= 0.3 is 6.92 Å². The maximum absolute atomic E-state index is 10.6. The van der Waals surface area contributed by atoms with Crippen molar-refractivity contribution in [2.75, 3.05) is 0 Å². The number of rotatable bonds is 3. The van der Waals surface area contributed by atoms with Gasteiger partial charge in [0, 0.05) is 6.92 Å². The third-order valence-corrected chi connectivity index (χ3v) is 1.02. The van der Waals surface area contributed by atoms with Crippen molar-refractivity contribution in [3.05, 3.63) is 0 Å². The van der Waals surface area contributed by atoms with E-state index in [1.165, 1.54) is 13.8 Å². The van der Waals surface area contributed by atoms with Crippen LogP contribution in [-0.4, -0.2) is 24.3 Å². The summed E-state index contributed by atoms with van der Waals surface area (Å²) in [4.78, 5) is 31.6. The van der Waals surface area contributed by atoms with Crippen LogP contribution in [-0.2, 0) is 19.0 Å². The molecule has 0 aliphatic heterocycles. The SMILES string of the molecule is CC(=O)OB(C(C)=O)C(C)=O. The lowest BCUT2D eigenvalue weighted by atomic mass is 9.60. The van der Waals surface area contributed by atoms with Gasteiger partial charge in [0.25, 0.3) is 5.97 Å². The fourth-order valence-electron chi connectivity index (χ4n) is 0.618. The van der Waals surface area contributed by atoms with Crippen LogP contribution in [0.2, 0.25) is 0 Å². The molecule has 0 atom stereocenters. The van der Waals surface area contributed by atoms with Crippen LogP contribution >= 0.6 is 0 Å². The lowest BCUT2D eigenvalue weighted by Gasteiger charge is -2.04. The molecular weight excluding hydrogens is 147 g/mol. The number of hydrogen-bond donors (Lipinski definition) is 0. The van der Waals surface area contributed by atoms with Gasteiger partial charge in [0.15, 0.2) is 11.4 Å². The topological polar surface area (TPSA) is 60.4 Å². The average molecular weight is 156 g/mol. The zero-order valence-corrected chi connectivity index (χ0v) is 6.71. The van der Waals surface area contributed by atoms with E-state index in [-0.39, 0.29) is 0 Å². The number of hydrogen-bond acceptors (Lipinski definition) is 4. The van der Waals surface area contributed by atoms with Crippen molar-refractivity contribution in [3.8, 4) is 0 Å². The smallest absolute Gasteiger partial charge is 0.503 e. The van der Waals surface area contributed by atoms with Crippen molar-refractivity contribution in [2.45, 2.75) is 20.8 Å². The number of carbonyl (C=O) groups excluding carboxylic acids is 3. The summed E-state index contributed by atoms with van der Waals surface area (Å²) in [6, 6.07) is 0. The first-order valence-electron chi connectivity index (χ1n) is 3.13. The highest BCUT2D eigenvalue weighted by Crippen LogP contribution is 1.90. The van der Waals surface area contributed by atoms with E-state index in [0.717, 1.165) is 6.92 Å². The Hall–Kier alpha value is -1.13. The van der Waals surface area contributed by atoms with Crippen LogP contribution in [0, 0.1) is 0 Å². The second-order valence-electron chi connectivity index (χ2n) is 2.21. The minimum absolute atomic E-state index is 0.451. The van der Waals surface area contributed by atoms with Gasteiger partial charge in [-0.15, -0.1) is 0 Å². The summed E-state index contributed by atoms with van der Waals surface area (Å²) in [5.74, 6) is -0.625. The van der Waals surface area contributed by atoms with E-state index >= 15 is 0 Å². The third kappa shape index (κ3) is 3.55. The first kappa shape index (κ1) is 9.87. The van der Waals surface area contributed by atoms with Crippen molar-refractivity contribution in [1.29, 1.82) is 0 Å². The van der Waals surface area contributed by atoms with Gasteiger partial charge < -0.3 is 14.2 Å². The molecule has 0 heterocycles. The normalized spacial score (nSPS) is 8.64. The van der Waals surface area contributed by atoms with E-state index in [1.807, 2.05) is 0 Å². The highest BCUT2D eigenvalue weighted by atomic mass is 16.5. The molecule has 0 amide bonds. The molecule has 11 heavy (non-hydrogen) atoms. The molecule has 0 saturated heterocycles. The van der Waals surface area contributed by atoms with E-state index in [0.29, 0.717) is 0 Å². The van der Waals surface area contributed by atoms with Crippen LogP contribution in [0.5, 0.6) is 0 Å². The molecule has 0 N–H and O–H groups in total. The molecule has 0 bridgehead atoms. The summed E-state index contributed by atoms with van der Waals surface area (Å²) in [6.45, 7) is 2.34. The van der Waals surface area contributed by atoms with E-state index in [2.05, 4.69) is 4.65 Å². The van der Waals surface area contributed by atoms with Crippen molar-refractivity contribution < 1.29 is 19.0 Å². The molecule has 0 unspecified atom stereocenters. The zero-order chi connectivity index (χ0) is 9.02. The predicted octanol–water partition coefficient (Wildman–Crippen LogP) is -0.203. The van der Waals surface area contributed by atoms with Gasteiger partial charge in [-0.25, -0.2) is 0 Å². The predicted molar refractivity (Wildman–Crippen MR) is 38.9 cm³/mol. The molecule has 0 saturated carbocycles.